The predicted octanol–water partition coefficient (Wildman–Crippen LogP) is 3.96. The van der Waals surface area contributed by atoms with Crippen molar-refractivity contribution in [2.24, 2.45) is 0 Å². The Bertz CT molecular complexity index is 407. The van der Waals surface area contributed by atoms with Crippen molar-refractivity contribution in [3.05, 3.63) is 28.8 Å². The first kappa shape index (κ1) is 14.6. The van der Waals surface area contributed by atoms with Crippen LogP contribution >= 0.6 is 0 Å². The van der Waals surface area contributed by atoms with E-state index in [1.807, 2.05) is 0 Å². The molecule has 1 N–H and O–H groups in total. The third-order valence-electron chi connectivity index (χ3n) is 2.93. The van der Waals surface area contributed by atoms with Crippen molar-refractivity contribution in [1.29, 1.82) is 0 Å². The summed E-state index contributed by atoms with van der Waals surface area (Å²) >= 11 is 0. The fraction of sp³-hybridized carbons (Fsp3) is 0.533. The molecule has 0 fully saturated rings. The fourth-order valence-corrected chi connectivity index (χ4v) is 1.95. The van der Waals surface area contributed by atoms with Crippen molar-refractivity contribution >= 4 is 6.09 Å². The zero-order chi connectivity index (χ0) is 13.9. The molecule has 0 atom stereocenters. The van der Waals surface area contributed by atoms with Gasteiger partial charge in [0.05, 0.1) is 0 Å². The Morgan fingerprint density at radius 1 is 1.11 bits per heavy atom. The molecule has 1 rings (SSSR count). The minimum Gasteiger partial charge on any atom is -0.410 e. The maximum absolute atomic E-state index is 11.5. The lowest BCUT2D eigenvalue weighted by molar-refractivity contribution is 0.201. The van der Waals surface area contributed by atoms with E-state index < -0.39 is 6.09 Å². The smallest absolute Gasteiger partial charge is 0.410 e. The third kappa shape index (κ3) is 3.25. The van der Waals surface area contributed by atoms with Crippen molar-refractivity contribution in [1.82, 2.24) is 5.32 Å². The molecular weight excluding hydrogens is 226 g/mol. The molecule has 1 amide bonds. The zero-order valence-corrected chi connectivity index (χ0v) is 12.1. The summed E-state index contributed by atoms with van der Waals surface area (Å²) in [5.74, 6) is 1.36. The number of hydrogen-bond donors (Lipinski definition) is 1. The second kappa shape index (κ2) is 5.89. The molecule has 0 aliphatic heterocycles. The Balaban J connectivity index is 3.36. The van der Waals surface area contributed by atoms with Crippen LogP contribution in [0.3, 0.4) is 0 Å². The summed E-state index contributed by atoms with van der Waals surface area (Å²) in [6, 6.07) is 4.18. The zero-order valence-electron chi connectivity index (χ0n) is 12.1. The Labute approximate surface area is 110 Å². The lowest BCUT2D eigenvalue weighted by Gasteiger charge is -2.19. The largest absolute Gasteiger partial charge is 0.412 e. The summed E-state index contributed by atoms with van der Waals surface area (Å²) in [7, 11) is 1.57. The number of carbonyl (C=O) groups excluding carboxylic acids is 1. The summed E-state index contributed by atoms with van der Waals surface area (Å²) in [6.07, 6.45) is -0.414. The van der Waals surface area contributed by atoms with Crippen LogP contribution in [0.5, 0.6) is 5.75 Å². The topological polar surface area (TPSA) is 38.3 Å². The summed E-state index contributed by atoms with van der Waals surface area (Å²) in [4.78, 5) is 11.5. The number of hydrogen-bond acceptors (Lipinski definition) is 2. The fourth-order valence-electron chi connectivity index (χ4n) is 1.95. The van der Waals surface area contributed by atoms with Gasteiger partial charge in [0, 0.05) is 7.05 Å². The van der Waals surface area contributed by atoms with E-state index in [-0.39, 0.29) is 0 Å². The molecule has 0 bridgehead atoms. The number of benzene rings is 1. The maximum atomic E-state index is 11.5. The average Bonchev–Trinajstić information content (AvgIpc) is 2.29. The molecule has 0 aliphatic rings. The van der Waals surface area contributed by atoms with Crippen molar-refractivity contribution in [2.75, 3.05) is 7.05 Å². The number of ether oxygens (including phenoxy) is 1. The molecule has 3 nitrogen and oxygen atoms in total. The average molecular weight is 249 g/mol. The first-order chi connectivity index (χ1) is 8.36. The second-order valence-electron chi connectivity index (χ2n) is 5.22. The van der Waals surface area contributed by atoms with Crippen LogP contribution in [0, 0.1) is 6.92 Å². The number of rotatable bonds is 3. The van der Waals surface area contributed by atoms with Crippen LogP contribution in [0.25, 0.3) is 0 Å². The molecule has 0 saturated heterocycles. The van der Waals surface area contributed by atoms with E-state index in [0.717, 1.165) is 11.1 Å². The Morgan fingerprint density at radius 3 is 1.89 bits per heavy atom. The Morgan fingerprint density at radius 2 is 1.56 bits per heavy atom. The summed E-state index contributed by atoms with van der Waals surface area (Å²) in [5, 5.41) is 2.50. The molecule has 0 saturated carbocycles. The molecule has 0 aromatic heterocycles. The summed E-state index contributed by atoms with van der Waals surface area (Å²) in [5.41, 5.74) is 3.37. The molecule has 18 heavy (non-hydrogen) atoms. The van der Waals surface area contributed by atoms with Crippen LogP contribution < -0.4 is 10.1 Å². The van der Waals surface area contributed by atoms with Gasteiger partial charge in [0.1, 0.15) is 5.75 Å². The summed E-state index contributed by atoms with van der Waals surface area (Å²) in [6.45, 7) is 10.5. The van der Waals surface area contributed by atoms with Crippen LogP contribution in [-0.2, 0) is 0 Å². The van der Waals surface area contributed by atoms with E-state index in [4.69, 9.17) is 4.74 Å². The van der Waals surface area contributed by atoms with Gasteiger partial charge in [-0.25, -0.2) is 4.79 Å². The quantitative estimate of drug-likeness (QED) is 0.880. The van der Waals surface area contributed by atoms with Gasteiger partial charge in [0.25, 0.3) is 0 Å². The first-order valence-corrected chi connectivity index (χ1v) is 6.40. The van der Waals surface area contributed by atoms with Gasteiger partial charge in [0.15, 0.2) is 0 Å². The number of nitrogens with one attached hydrogen (secondary N) is 1. The standard InChI is InChI=1S/C15H23NO2/c1-9(2)12-7-11(5)8-13(10(3)4)14(12)18-15(17)16-6/h7-10H,1-6H3,(H,16,17). The van der Waals surface area contributed by atoms with Crippen molar-refractivity contribution in [2.45, 2.75) is 46.5 Å². The van der Waals surface area contributed by atoms with Crippen LogP contribution in [0.1, 0.15) is 56.2 Å². The molecule has 0 spiro atoms. The van der Waals surface area contributed by atoms with Gasteiger partial charge in [0.2, 0.25) is 0 Å². The molecule has 0 heterocycles. The highest BCUT2D eigenvalue weighted by atomic mass is 16.6. The Kier molecular flexibility index (Phi) is 4.76. The van der Waals surface area contributed by atoms with Gasteiger partial charge in [-0.3, -0.25) is 0 Å². The molecule has 1 aromatic carbocycles. The van der Waals surface area contributed by atoms with Crippen LogP contribution in [0.2, 0.25) is 0 Å². The van der Waals surface area contributed by atoms with Crippen LogP contribution in [0.4, 0.5) is 4.79 Å². The molecule has 0 radical (unpaired) electrons. The van der Waals surface area contributed by atoms with Crippen LogP contribution in [0.15, 0.2) is 12.1 Å². The van der Waals surface area contributed by atoms with E-state index in [9.17, 15) is 4.79 Å². The number of carbonyl (C=O) groups is 1. The van der Waals surface area contributed by atoms with Gasteiger partial charge >= 0.3 is 6.09 Å². The number of aryl methyl sites for hydroxylation is 1. The lowest BCUT2D eigenvalue weighted by atomic mass is 9.92. The predicted molar refractivity (Wildman–Crippen MR) is 74.4 cm³/mol. The molecule has 0 aliphatic carbocycles. The molecule has 3 heteroatoms. The minimum atomic E-state index is -0.414. The highest BCUT2D eigenvalue weighted by Gasteiger charge is 2.18. The third-order valence-corrected chi connectivity index (χ3v) is 2.93. The van der Waals surface area contributed by atoms with Gasteiger partial charge in [-0.05, 0) is 29.9 Å². The summed E-state index contributed by atoms with van der Waals surface area (Å²) < 4.78 is 5.45. The van der Waals surface area contributed by atoms with Crippen molar-refractivity contribution in [3.63, 3.8) is 0 Å². The van der Waals surface area contributed by atoms with Gasteiger partial charge in [-0.2, -0.15) is 0 Å². The molecule has 1 aromatic rings. The van der Waals surface area contributed by atoms with E-state index in [0.29, 0.717) is 17.6 Å². The first-order valence-electron chi connectivity index (χ1n) is 6.40. The van der Waals surface area contributed by atoms with E-state index >= 15 is 0 Å². The van der Waals surface area contributed by atoms with Crippen molar-refractivity contribution in [3.8, 4) is 5.75 Å². The van der Waals surface area contributed by atoms with Gasteiger partial charge < -0.3 is 10.1 Å². The van der Waals surface area contributed by atoms with Gasteiger partial charge in [-0.1, -0.05) is 45.4 Å². The van der Waals surface area contributed by atoms with Crippen molar-refractivity contribution < 1.29 is 9.53 Å². The monoisotopic (exact) mass is 249 g/mol. The SMILES string of the molecule is CNC(=O)Oc1c(C(C)C)cc(C)cc1C(C)C. The second-order valence-corrected chi connectivity index (χ2v) is 5.22. The van der Waals surface area contributed by atoms with Gasteiger partial charge in [-0.15, -0.1) is 0 Å². The van der Waals surface area contributed by atoms with E-state index in [1.54, 1.807) is 7.05 Å². The molecule has 100 valence electrons. The lowest BCUT2D eigenvalue weighted by Crippen LogP contribution is -2.23. The molecular formula is C15H23NO2. The maximum Gasteiger partial charge on any atom is 0.412 e. The highest BCUT2D eigenvalue weighted by Crippen LogP contribution is 2.35. The highest BCUT2D eigenvalue weighted by molar-refractivity contribution is 5.71. The molecule has 0 unspecified atom stereocenters. The van der Waals surface area contributed by atoms with E-state index in [2.05, 4.69) is 52.1 Å². The van der Waals surface area contributed by atoms with Crippen LogP contribution in [-0.4, -0.2) is 13.1 Å². The Hall–Kier alpha value is -1.51. The normalized spacial score (nSPS) is 10.9. The van der Waals surface area contributed by atoms with E-state index in [1.165, 1.54) is 5.56 Å². The minimum absolute atomic E-state index is 0.321. The number of amides is 1.